The van der Waals surface area contributed by atoms with Crippen LogP contribution in [-0.2, 0) is 22.1 Å². The van der Waals surface area contributed by atoms with E-state index in [9.17, 15) is 18.0 Å². The molecule has 1 saturated heterocycles. The van der Waals surface area contributed by atoms with Gasteiger partial charge in [0.25, 0.3) is 0 Å². The molecule has 1 aliphatic rings. The first kappa shape index (κ1) is 35.8. The zero-order valence-corrected chi connectivity index (χ0v) is 30.9. The van der Waals surface area contributed by atoms with E-state index in [0.717, 1.165) is 43.7 Å². The fourth-order valence-electron chi connectivity index (χ4n) is 3.92. The number of carbonyl (C=O) groups excluding carboxylic acids is 1. The lowest BCUT2D eigenvalue weighted by molar-refractivity contribution is -0.185. The van der Waals surface area contributed by atoms with Crippen molar-refractivity contribution in [2.45, 2.75) is 59.1 Å². The molecular formula is C21H21F3I3N3O5S5. The number of hydrogen-bond donors (Lipinski definition) is 1. The highest BCUT2D eigenvalue weighted by molar-refractivity contribution is 14.2. The maximum Gasteiger partial charge on any atom is 0.471 e. The molecule has 3 rings (SSSR count). The third-order valence-electron chi connectivity index (χ3n) is 5.69. The fraction of sp³-hybridized carbons (Fsp3) is 0.476. The van der Waals surface area contributed by atoms with Crippen molar-refractivity contribution in [1.29, 1.82) is 0 Å². The summed E-state index contributed by atoms with van der Waals surface area (Å²) in [7, 11) is 3.16. The summed E-state index contributed by atoms with van der Waals surface area (Å²) >= 11 is 8.51. The Morgan fingerprint density at radius 3 is 2.10 bits per heavy atom. The Hall–Kier alpha value is 1.34. The summed E-state index contributed by atoms with van der Waals surface area (Å²) in [6, 6.07) is 6.35. The first-order valence-corrected chi connectivity index (χ1v) is 23.1. The molecule has 0 bridgehead atoms. The number of nitrogens with zero attached hydrogens (tertiary/aromatic N) is 2. The van der Waals surface area contributed by atoms with Gasteiger partial charge in [-0.3, -0.25) is 17.3 Å². The number of aromatic nitrogens is 2. The highest BCUT2D eigenvalue weighted by atomic mass is 127. The molecule has 5 unspecified atom stereocenters. The van der Waals surface area contributed by atoms with Crippen molar-refractivity contribution >= 4 is 121 Å². The molecule has 2 aromatic rings. The van der Waals surface area contributed by atoms with E-state index in [1.807, 2.05) is 87.9 Å². The topological polar surface area (TPSA) is 91.8 Å². The van der Waals surface area contributed by atoms with Crippen molar-refractivity contribution < 1.29 is 35.3 Å². The Morgan fingerprint density at radius 1 is 0.975 bits per heavy atom. The molecule has 7 atom stereocenters. The minimum atomic E-state index is -5.08. The van der Waals surface area contributed by atoms with Crippen LogP contribution < -0.4 is 5.32 Å². The van der Waals surface area contributed by atoms with Crippen molar-refractivity contribution in [1.82, 2.24) is 15.3 Å². The van der Waals surface area contributed by atoms with E-state index >= 15 is 0 Å². The zero-order valence-electron chi connectivity index (χ0n) is 20.3. The summed E-state index contributed by atoms with van der Waals surface area (Å²) in [6.07, 6.45) is -1.64. The normalized spacial score (nSPS) is 24.9. The van der Waals surface area contributed by atoms with Gasteiger partial charge in [-0.05, 0) is 24.0 Å². The molecule has 8 nitrogen and oxygen atoms in total. The smallest absolute Gasteiger partial charge is 0.356 e. The molecule has 2 heterocycles. The second-order valence-corrected chi connectivity index (χ2v) is 14.6. The van der Waals surface area contributed by atoms with Crippen LogP contribution >= 0.6 is 115 Å². The van der Waals surface area contributed by atoms with E-state index in [1.54, 1.807) is 25.6 Å². The maximum atomic E-state index is 13.5. The molecule has 0 radical (unpaired) electrons. The van der Waals surface area contributed by atoms with Crippen molar-refractivity contribution in [2.75, 3.05) is 6.26 Å². The highest BCUT2D eigenvalue weighted by Crippen LogP contribution is 2.42. The molecule has 0 spiro atoms. The fourth-order valence-corrected chi connectivity index (χ4v) is 8.86. The van der Waals surface area contributed by atoms with Crippen molar-refractivity contribution in [2.24, 2.45) is 0 Å². The SMILES string of the molecule is CSC1OC([C@H](NC(=O)C(F)(F)F)[C@H](C)Sc2ccc(-c3cncnc3)cc2)C(OSI)C(OSI)C1OSI. The van der Waals surface area contributed by atoms with Gasteiger partial charge in [0.2, 0.25) is 0 Å². The van der Waals surface area contributed by atoms with Crippen LogP contribution in [0, 0.1) is 0 Å². The van der Waals surface area contributed by atoms with Gasteiger partial charge >= 0.3 is 12.1 Å². The number of carbonyl (C=O) groups is 1. The van der Waals surface area contributed by atoms with Gasteiger partial charge in [-0.15, -0.1) is 23.5 Å². The van der Waals surface area contributed by atoms with Crippen LogP contribution in [0.1, 0.15) is 6.92 Å². The second kappa shape index (κ2) is 17.7. The van der Waals surface area contributed by atoms with Gasteiger partial charge in [0.15, 0.2) is 0 Å². The number of rotatable bonds is 13. The molecule has 1 aromatic heterocycles. The molecule has 40 heavy (non-hydrogen) atoms. The maximum absolute atomic E-state index is 13.5. The highest BCUT2D eigenvalue weighted by Gasteiger charge is 2.54. The van der Waals surface area contributed by atoms with Crippen LogP contribution in [0.15, 0.2) is 47.9 Å². The third-order valence-corrected chi connectivity index (χ3v) is 10.5. The summed E-state index contributed by atoms with van der Waals surface area (Å²) < 4.78 is 64.4. The Balaban J connectivity index is 1.94. The van der Waals surface area contributed by atoms with Crippen molar-refractivity contribution in [3.63, 3.8) is 0 Å². The summed E-state index contributed by atoms with van der Waals surface area (Å²) in [6.45, 7) is 1.74. The Morgan fingerprint density at radius 2 is 1.55 bits per heavy atom. The van der Waals surface area contributed by atoms with Crippen molar-refractivity contribution in [3.05, 3.63) is 43.0 Å². The van der Waals surface area contributed by atoms with Gasteiger partial charge in [0.1, 0.15) is 36.2 Å². The van der Waals surface area contributed by atoms with Gasteiger partial charge in [0, 0.05) is 91.7 Å². The Kier molecular flexibility index (Phi) is 15.9. The molecule has 1 fully saturated rings. The zero-order chi connectivity index (χ0) is 29.3. The molecule has 222 valence electrons. The molecule has 1 aliphatic heterocycles. The van der Waals surface area contributed by atoms with E-state index < -0.39 is 53.2 Å². The molecule has 1 aromatic carbocycles. The van der Waals surface area contributed by atoms with Crippen LogP contribution in [0.2, 0.25) is 0 Å². The molecule has 1 amide bonds. The predicted molar refractivity (Wildman–Crippen MR) is 182 cm³/mol. The van der Waals surface area contributed by atoms with E-state index in [4.69, 9.17) is 17.3 Å². The minimum Gasteiger partial charge on any atom is -0.356 e. The number of halogens is 6. The minimum absolute atomic E-state index is 0.570. The quantitative estimate of drug-likeness (QED) is 0.120. The molecular weight excluding hydrogens is 972 g/mol. The van der Waals surface area contributed by atoms with E-state index in [-0.39, 0.29) is 0 Å². The first-order chi connectivity index (χ1) is 19.1. The number of hydrogen-bond acceptors (Lipinski definition) is 12. The molecule has 19 heteroatoms. The second-order valence-electron chi connectivity index (χ2n) is 8.05. The van der Waals surface area contributed by atoms with Crippen LogP contribution in [0.4, 0.5) is 13.2 Å². The number of thioether (sulfide) groups is 2. The first-order valence-electron chi connectivity index (χ1n) is 11.0. The summed E-state index contributed by atoms with van der Waals surface area (Å²) in [4.78, 5) is 21.1. The number of amides is 1. The van der Waals surface area contributed by atoms with Gasteiger partial charge in [-0.25, -0.2) is 9.97 Å². The lowest BCUT2D eigenvalue weighted by atomic mass is 9.93. The van der Waals surface area contributed by atoms with Gasteiger partial charge in [-0.2, -0.15) is 13.2 Å². The van der Waals surface area contributed by atoms with E-state index in [2.05, 4.69) is 15.3 Å². The van der Waals surface area contributed by atoms with Gasteiger partial charge < -0.3 is 10.1 Å². The number of ether oxygens (including phenoxy) is 1. The number of alkyl halides is 3. The van der Waals surface area contributed by atoms with Crippen LogP contribution in [0.3, 0.4) is 0 Å². The summed E-state index contributed by atoms with van der Waals surface area (Å²) in [5.41, 5.74) is 1.12. The number of nitrogens with one attached hydrogen (secondary N) is 1. The van der Waals surface area contributed by atoms with Crippen LogP contribution in [0.25, 0.3) is 11.1 Å². The Labute approximate surface area is 287 Å². The number of benzene rings is 1. The van der Waals surface area contributed by atoms with Gasteiger partial charge in [-0.1, -0.05) is 19.1 Å². The van der Waals surface area contributed by atoms with Crippen LogP contribution in [0.5, 0.6) is 0 Å². The van der Waals surface area contributed by atoms with Crippen LogP contribution in [-0.4, -0.2) is 69.5 Å². The lowest BCUT2D eigenvalue weighted by Gasteiger charge is -2.47. The summed E-state index contributed by atoms with van der Waals surface area (Å²) in [5.74, 6) is -2.06. The standard InChI is InChI=1S/C21H21F3I3N3O5S5/c1-10(37-13-5-3-11(4-6-13)12-7-28-9-29-8-12)14(30-20(31)21(22,23)24)15-16(33-38-25)17(34-39-26)18(35-40-27)19(32-15)36-2/h3-10,14-19H,1-2H3,(H,30,31)/t10-,14+,15?,16?,17?,18?,19?/m0/s1. The average Bonchev–Trinajstić information content (AvgIpc) is 2.94. The molecule has 0 saturated carbocycles. The summed E-state index contributed by atoms with van der Waals surface area (Å²) in [5, 5.41) is 1.62. The monoisotopic (exact) mass is 993 g/mol. The van der Waals surface area contributed by atoms with E-state index in [0.29, 0.717) is 0 Å². The average molecular weight is 993 g/mol. The predicted octanol–water partition coefficient (Wildman–Crippen LogP) is 7.91. The molecule has 0 aliphatic carbocycles. The largest absolute Gasteiger partial charge is 0.471 e. The van der Waals surface area contributed by atoms with Gasteiger partial charge in [0.05, 0.1) is 33.7 Å². The Bertz CT molecular complexity index is 1070. The van der Waals surface area contributed by atoms with Crippen molar-refractivity contribution in [3.8, 4) is 11.1 Å². The molecule has 1 N–H and O–H groups in total. The third kappa shape index (κ3) is 9.92. The van der Waals surface area contributed by atoms with E-state index in [1.165, 1.54) is 29.9 Å². The lowest BCUT2D eigenvalue weighted by Crippen LogP contribution is -2.65.